The van der Waals surface area contributed by atoms with Gasteiger partial charge in [0, 0.05) is 31.3 Å². The van der Waals surface area contributed by atoms with Crippen LogP contribution in [0.4, 0.5) is 0 Å². The Hall–Kier alpha value is -0.160. The number of nitrogens with two attached hydrogens (primary N) is 1. The van der Waals surface area contributed by atoms with Crippen LogP contribution < -0.4 is 5.73 Å². The van der Waals surface area contributed by atoms with Crippen molar-refractivity contribution in [1.29, 1.82) is 0 Å². The van der Waals surface area contributed by atoms with E-state index < -0.39 is 0 Å². The molecular formula is C16H32N2O2. The molecule has 2 saturated heterocycles. The maximum absolute atomic E-state index is 6.56. The van der Waals surface area contributed by atoms with Gasteiger partial charge in [-0.15, -0.1) is 0 Å². The molecule has 3 unspecified atom stereocenters. The van der Waals surface area contributed by atoms with Crippen molar-refractivity contribution in [2.45, 2.75) is 70.1 Å². The normalized spacial score (nSPS) is 29.2. The predicted octanol–water partition coefficient (Wildman–Crippen LogP) is 2.16. The maximum atomic E-state index is 6.56. The van der Waals surface area contributed by atoms with Gasteiger partial charge in [0.2, 0.25) is 0 Å². The van der Waals surface area contributed by atoms with Crippen molar-refractivity contribution in [3.63, 3.8) is 0 Å². The largest absolute Gasteiger partial charge is 0.379 e. The van der Waals surface area contributed by atoms with Crippen molar-refractivity contribution in [3.05, 3.63) is 0 Å². The van der Waals surface area contributed by atoms with Crippen LogP contribution in [0, 0.1) is 0 Å². The third-order valence-electron chi connectivity index (χ3n) is 5.31. The van der Waals surface area contributed by atoms with Crippen LogP contribution in [0.2, 0.25) is 0 Å². The molecule has 0 aromatic carbocycles. The minimum Gasteiger partial charge on any atom is -0.379 e. The number of ether oxygens (including phenoxy) is 2. The van der Waals surface area contributed by atoms with E-state index >= 15 is 0 Å². The van der Waals surface area contributed by atoms with Crippen LogP contribution in [-0.4, -0.2) is 55.5 Å². The minimum atomic E-state index is 0.111. The second-order valence-corrected chi connectivity index (χ2v) is 6.48. The monoisotopic (exact) mass is 284 g/mol. The molecule has 0 radical (unpaired) electrons. The highest BCUT2D eigenvalue weighted by atomic mass is 16.5. The Morgan fingerprint density at radius 2 is 2.05 bits per heavy atom. The van der Waals surface area contributed by atoms with Crippen molar-refractivity contribution in [2.75, 3.05) is 32.9 Å². The summed E-state index contributed by atoms with van der Waals surface area (Å²) in [6.45, 7) is 9.27. The summed E-state index contributed by atoms with van der Waals surface area (Å²) >= 11 is 0. The smallest absolute Gasteiger partial charge is 0.0594 e. The molecule has 4 nitrogen and oxygen atoms in total. The maximum Gasteiger partial charge on any atom is 0.0594 e. The Kier molecular flexibility index (Phi) is 6.27. The van der Waals surface area contributed by atoms with Crippen molar-refractivity contribution in [1.82, 2.24) is 4.90 Å². The van der Waals surface area contributed by atoms with Gasteiger partial charge in [-0.3, -0.25) is 4.90 Å². The van der Waals surface area contributed by atoms with Crippen molar-refractivity contribution in [2.24, 2.45) is 5.73 Å². The van der Waals surface area contributed by atoms with Crippen LogP contribution in [0.5, 0.6) is 0 Å². The van der Waals surface area contributed by atoms with Crippen molar-refractivity contribution in [3.8, 4) is 0 Å². The van der Waals surface area contributed by atoms with Crippen LogP contribution in [0.1, 0.15) is 52.4 Å². The number of hydrogen-bond donors (Lipinski definition) is 1. The first-order valence-corrected chi connectivity index (χ1v) is 8.37. The summed E-state index contributed by atoms with van der Waals surface area (Å²) in [5.74, 6) is 0. The van der Waals surface area contributed by atoms with Crippen LogP contribution in [0.3, 0.4) is 0 Å². The molecule has 0 bridgehead atoms. The quantitative estimate of drug-likeness (QED) is 0.778. The molecule has 0 aromatic heterocycles. The van der Waals surface area contributed by atoms with E-state index in [0.29, 0.717) is 6.10 Å². The Morgan fingerprint density at radius 3 is 2.65 bits per heavy atom. The van der Waals surface area contributed by atoms with Crippen molar-refractivity contribution < 1.29 is 9.47 Å². The Balaban J connectivity index is 1.78. The Labute approximate surface area is 124 Å². The fourth-order valence-electron chi connectivity index (χ4n) is 3.54. The lowest BCUT2D eigenvalue weighted by molar-refractivity contribution is -0.0288. The summed E-state index contributed by atoms with van der Waals surface area (Å²) in [5, 5.41) is 0. The number of rotatable bonds is 7. The molecule has 2 aliphatic rings. The summed E-state index contributed by atoms with van der Waals surface area (Å²) in [6.07, 6.45) is 7.54. The third-order valence-corrected chi connectivity index (χ3v) is 5.31. The fourth-order valence-corrected chi connectivity index (χ4v) is 3.54. The van der Waals surface area contributed by atoms with Gasteiger partial charge < -0.3 is 15.2 Å². The van der Waals surface area contributed by atoms with E-state index in [4.69, 9.17) is 15.2 Å². The molecule has 0 saturated carbocycles. The minimum absolute atomic E-state index is 0.111. The second-order valence-electron chi connectivity index (χ2n) is 6.48. The molecule has 0 spiro atoms. The summed E-state index contributed by atoms with van der Waals surface area (Å²) in [5.41, 5.74) is 6.67. The zero-order chi connectivity index (χ0) is 14.4. The van der Waals surface area contributed by atoms with E-state index in [1.165, 1.54) is 25.7 Å². The molecule has 118 valence electrons. The summed E-state index contributed by atoms with van der Waals surface area (Å²) < 4.78 is 11.2. The van der Waals surface area contributed by atoms with Crippen LogP contribution in [-0.2, 0) is 9.47 Å². The summed E-state index contributed by atoms with van der Waals surface area (Å²) in [6, 6.07) is 0.243. The molecule has 0 aliphatic carbocycles. The highest BCUT2D eigenvalue weighted by molar-refractivity contribution is 4.95. The zero-order valence-corrected chi connectivity index (χ0v) is 13.3. The van der Waals surface area contributed by atoms with Gasteiger partial charge in [0.15, 0.2) is 0 Å². The van der Waals surface area contributed by atoms with E-state index in [0.717, 1.165) is 45.8 Å². The lowest BCUT2D eigenvalue weighted by Crippen LogP contribution is -2.60. The number of morpholine rings is 1. The molecular weight excluding hydrogens is 252 g/mol. The average molecular weight is 284 g/mol. The predicted molar refractivity (Wildman–Crippen MR) is 81.9 cm³/mol. The van der Waals surface area contributed by atoms with E-state index in [9.17, 15) is 0 Å². The molecule has 2 rings (SSSR count). The van der Waals surface area contributed by atoms with E-state index in [1.54, 1.807) is 0 Å². The van der Waals surface area contributed by atoms with Gasteiger partial charge in [0.05, 0.1) is 19.3 Å². The van der Waals surface area contributed by atoms with Gasteiger partial charge in [0.1, 0.15) is 0 Å². The highest BCUT2D eigenvalue weighted by Crippen LogP contribution is 2.27. The molecule has 4 heteroatoms. The van der Waals surface area contributed by atoms with Gasteiger partial charge in [-0.1, -0.05) is 6.92 Å². The standard InChI is InChI=1S/C16H32N2O2/c1-3-16(2,18-9-12-19-13-10-18)15(17)8-4-6-14-7-5-11-20-14/h14-15H,3-13,17H2,1-2H3. The van der Waals surface area contributed by atoms with Crippen molar-refractivity contribution >= 4 is 0 Å². The number of hydrogen-bond acceptors (Lipinski definition) is 4. The second kappa shape index (κ2) is 7.74. The lowest BCUT2D eigenvalue weighted by atomic mass is 9.84. The van der Waals surface area contributed by atoms with Gasteiger partial charge in [-0.25, -0.2) is 0 Å². The molecule has 0 amide bonds. The van der Waals surface area contributed by atoms with E-state index in [1.807, 2.05) is 0 Å². The van der Waals surface area contributed by atoms with Crippen LogP contribution in [0.25, 0.3) is 0 Å². The first-order valence-electron chi connectivity index (χ1n) is 8.37. The summed E-state index contributed by atoms with van der Waals surface area (Å²) in [7, 11) is 0. The Bertz CT molecular complexity index is 276. The zero-order valence-electron chi connectivity index (χ0n) is 13.3. The molecule has 3 atom stereocenters. The number of nitrogens with zero attached hydrogens (tertiary/aromatic N) is 1. The molecule has 2 heterocycles. The van der Waals surface area contributed by atoms with Gasteiger partial charge in [-0.2, -0.15) is 0 Å². The molecule has 2 aliphatic heterocycles. The average Bonchev–Trinajstić information content (AvgIpc) is 3.00. The van der Waals surface area contributed by atoms with E-state index in [2.05, 4.69) is 18.7 Å². The van der Waals surface area contributed by atoms with Crippen LogP contribution >= 0.6 is 0 Å². The Morgan fingerprint density at radius 1 is 1.30 bits per heavy atom. The van der Waals surface area contributed by atoms with E-state index in [-0.39, 0.29) is 11.6 Å². The fraction of sp³-hybridized carbons (Fsp3) is 1.00. The van der Waals surface area contributed by atoms with Gasteiger partial charge in [0.25, 0.3) is 0 Å². The SMILES string of the molecule is CCC(C)(C(N)CCCC1CCCO1)N1CCOCC1. The summed E-state index contributed by atoms with van der Waals surface area (Å²) in [4.78, 5) is 2.53. The molecule has 0 aromatic rings. The molecule has 2 fully saturated rings. The topological polar surface area (TPSA) is 47.7 Å². The first kappa shape index (κ1) is 16.2. The lowest BCUT2D eigenvalue weighted by Gasteiger charge is -2.46. The first-order chi connectivity index (χ1) is 9.66. The van der Waals surface area contributed by atoms with Gasteiger partial charge in [-0.05, 0) is 45.4 Å². The van der Waals surface area contributed by atoms with Gasteiger partial charge >= 0.3 is 0 Å². The third kappa shape index (κ3) is 3.94. The molecule has 2 N–H and O–H groups in total. The van der Waals surface area contributed by atoms with Crippen LogP contribution in [0.15, 0.2) is 0 Å². The molecule has 20 heavy (non-hydrogen) atoms. The highest BCUT2D eigenvalue weighted by Gasteiger charge is 2.36.